The van der Waals surface area contributed by atoms with Gasteiger partial charge in [0.2, 0.25) is 0 Å². The maximum absolute atomic E-state index is 11.7. The molecule has 94 valence electrons. The summed E-state index contributed by atoms with van der Waals surface area (Å²) in [5.41, 5.74) is 1.13. The zero-order valence-corrected chi connectivity index (χ0v) is 10.8. The van der Waals surface area contributed by atoms with Crippen LogP contribution in [-0.2, 0) is 6.54 Å². The highest BCUT2D eigenvalue weighted by molar-refractivity contribution is 5.73. The van der Waals surface area contributed by atoms with Gasteiger partial charge in [0.15, 0.2) is 0 Å². The van der Waals surface area contributed by atoms with Crippen molar-refractivity contribution in [2.75, 3.05) is 13.6 Å². The number of carbonyl (C=O) groups is 1. The van der Waals surface area contributed by atoms with Crippen molar-refractivity contribution in [2.45, 2.75) is 32.7 Å². The van der Waals surface area contributed by atoms with E-state index in [4.69, 9.17) is 0 Å². The first-order valence-electron chi connectivity index (χ1n) is 6.27. The van der Waals surface area contributed by atoms with E-state index in [2.05, 4.69) is 12.2 Å². The monoisotopic (exact) mass is 234 g/mol. The normalized spacial score (nSPS) is 10.0. The van der Waals surface area contributed by atoms with Gasteiger partial charge in [-0.05, 0) is 12.0 Å². The summed E-state index contributed by atoms with van der Waals surface area (Å²) in [7, 11) is 1.84. The molecule has 1 aromatic rings. The first kappa shape index (κ1) is 13.6. The van der Waals surface area contributed by atoms with Gasteiger partial charge in [-0.2, -0.15) is 0 Å². The Morgan fingerprint density at radius 3 is 2.59 bits per heavy atom. The van der Waals surface area contributed by atoms with E-state index >= 15 is 0 Å². The van der Waals surface area contributed by atoms with E-state index in [9.17, 15) is 4.79 Å². The molecule has 0 atom stereocenters. The lowest BCUT2D eigenvalue weighted by atomic mass is 10.2. The van der Waals surface area contributed by atoms with Crippen LogP contribution in [0.3, 0.4) is 0 Å². The van der Waals surface area contributed by atoms with Crippen LogP contribution in [0.25, 0.3) is 0 Å². The van der Waals surface area contributed by atoms with E-state index in [1.165, 1.54) is 12.8 Å². The average Bonchev–Trinajstić information content (AvgIpc) is 2.37. The van der Waals surface area contributed by atoms with Crippen LogP contribution < -0.4 is 5.32 Å². The summed E-state index contributed by atoms with van der Waals surface area (Å²) < 4.78 is 0. The van der Waals surface area contributed by atoms with Crippen molar-refractivity contribution < 1.29 is 4.79 Å². The molecular formula is C14H22N2O. The molecule has 0 aliphatic heterocycles. The Kier molecular flexibility index (Phi) is 6.15. The van der Waals surface area contributed by atoms with Gasteiger partial charge in [0.1, 0.15) is 0 Å². The smallest absolute Gasteiger partial charge is 0.317 e. The third kappa shape index (κ3) is 5.38. The molecule has 0 aliphatic carbocycles. The number of carbonyl (C=O) groups excluding carboxylic acids is 1. The van der Waals surface area contributed by atoms with E-state index in [1.54, 1.807) is 4.90 Å². The van der Waals surface area contributed by atoms with Crippen molar-refractivity contribution in [1.82, 2.24) is 10.2 Å². The minimum atomic E-state index is 0.00459. The highest BCUT2D eigenvalue weighted by atomic mass is 16.2. The standard InChI is InChI=1S/C14H22N2O/c1-3-4-8-11-16(2)14(17)15-12-13-9-6-5-7-10-13/h5-7,9-10H,3-4,8,11-12H2,1-2H3,(H,15,17). The number of urea groups is 1. The minimum Gasteiger partial charge on any atom is -0.334 e. The molecule has 0 heterocycles. The van der Waals surface area contributed by atoms with Gasteiger partial charge < -0.3 is 10.2 Å². The second-order valence-corrected chi connectivity index (χ2v) is 4.27. The summed E-state index contributed by atoms with van der Waals surface area (Å²) in [4.78, 5) is 13.5. The molecule has 0 aliphatic rings. The molecule has 0 fully saturated rings. The molecule has 0 bridgehead atoms. The van der Waals surface area contributed by atoms with E-state index in [1.807, 2.05) is 37.4 Å². The fourth-order valence-corrected chi connectivity index (χ4v) is 1.61. The number of hydrogen-bond donors (Lipinski definition) is 1. The second-order valence-electron chi connectivity index (χ2n) is 4.27. The van der Waals surface area contributed by atoms with Gasteiger partial charge >= 0.3 is 6.03 Å². The molecule has 0 unspecified atom stereocenters. The molecule has 0 spiro atoms. The molecule has 3 heteroatoms. The molecule has 1 rings (SSSR count). The van der Waals surface area contributed by atoms with Gasteiger partial charge in [-0.1, -0.05) is 50.1 Å². The summed E-state index contributed by atoms with van der Waals surface area (Å²) in [6, 6.07) is 9.96. The van der Waals surface area contributed by atoms with Gasteiger partial charge in [-0.25, -0.2) is 4.79 Å². The van der Waals surface area contributed by atoms with Crippen LogP contribution in [0.4, 0.5) is 4.79 Å². The maximum Gasteiger partial charge on any atom is 0.317 e. The van der Waals surface area contributed by atoms with Crippen LogP contribution in [0.15, 0.2) is 30.3 Å². The summed E-state index contributed by atoms with van der Waals surface area (Å²) in [6.45, 7) is 3.59. The van der Waals surface area contributed by atoms with Crippen LogP contribution in [-0.4, -0.2) is 24.5 Å². The van der Waals surface area contributed by atoms with Crippen LogP contribution in [0.5, 0.6) is 0 Å². The van der Waals surface area contributed by atoms with Gasteiger partial charge in [0, 0.05) is 20.1 Å². The van der Waals surface area contributed by atoms with Crippen molar-refractivity contribution in [3.8, 4) is 0 Å². The van der Waals surface area contributed by atoms with Gasteiger partial charge in [0.25, 0.3) is 0 Å². The Morgan fingerprint density at radius 2 is 1.94 bits per heavy atom. The lowest BCUT2D eigenvalue weighted by Gasteiger charge is -2.17. The summed E-state index contributed by atoms with van der Waals surface area (Å²) in [6.07, 6.45) is 3.43. The molecule has 0 saturated heterocycles. The Morgan fingerprint density at radius 1 is 1.24 bits per heavy atom. The number of rotatable bonds is 6. The van der Waals surface area contributed by atoms with Crippen LogP contribution >= 0.6 is 0 Å². The quantitative estimate of drug-likeness (QED) is 0.754. The topological polar surface area (TPSA) is 32.3 Å². The molecule has 1 N–H and O–H groups in total. The Labute approximate surface area is 104 Å². The van der Waals surface area contributed by atoms with Crippen molar-refractivity contribution in [3.63, 3.8) is 0 Å². The van der Waals surface area contributed by atoms with Crippen molar-refractivity contribution in [2.24, 2.45) is 0 Å². The Balaban J connectivity index is 2.24. The highest BCUT2D eigenvalue weighted by Gasteiger charge is 2.06. The summed E-state index contributed by atoms with van der Waals surface area (Å²) in [5.74, 6) is 0. The van der Waals surface area contributed by atoms with E-state index in [-0.39, 0.29) is 6.03 Å². The molecule has 1 aromatic carbocycles. The van der Waals surface area contributed by atoms with E-state index < -0.39 is 0 Å². The number of hydrogen-bond acceptors (Lipinski definition) is 1. The predicted octanol–water partition coefficient (Wildman–Crippen LogP) is 3.02. The van der Waals surface area contributed by atoms with Crippen molar-refractivity contribution in [1.29, 1.82) is 0 Å². The number of nitrogens with zero attached hydrogens (tertiary/aromatic N) is 1. The van der Waals surface area contributed by atoms with E-state index in [0.29, 0.717) is 6.54 Å². The van der Waals surface area contributed by atoms with E-state index in [0.717, 1.165) is 18.5 Å². The number of unbranched alkanes of at least 4 members (excludes halogenated alkanes) is 2. The number of benzene rings is 1. The zero-order chi connectivity index (χ0) is 12.5. The van der Waals surface area contributed by atoms with Crippen molar-refractivity contribution in [3.05, 3.63) is 35.9 Å². The zero-order valence-electron chi connectivity index (χ0n) is 10.8. The maximum atomic E-state index is 11.7. The highest BCUT2D eigenvalue weighted by Crippen LogP contribution is 1.99. The van der Waals surface area contributed by atoms with Gasteiger partial charge in [0.05, 0.1) is 0 Å². The number of nitrogens with one attached hydrogen (secondary N) is 1. The fourth-order valence-electron chi connectivity index (χ4n) is 1.61. The van der Waals surface area contributed by atoms with Crippen LogP contribution in [0.1, 0.15) is 31.7 Å². The molecular weight excluding hydrogens is 212 g/mol. The molecule has 0 aromatic heterocycles. The first-order valence-corrected chi connectivity index (χ1v) is 6.27. The largest absolute Gasteiger partial charge is 0.334 e. The summed E-state index contributed by atoms with van der Waals surface area (Å²) >= 11 is 0. The van der Waals surface area contributed by atoms with Crippen molar-refractivity contribution >= 4 is 6.03 Å². The first-order chi connectivity index (χ1) is 8.24. The molecule has 0 saturated carbocycles. The molecule has 2 amide bonds. The van der Waals surface area contributed by atoms with Gasteiger partial charge in [-0.15, -0.1) is 0 Å². The lowest BCUT2D eigenvalue weighted by Crippen LogP contribution is -2.37. The SMILES string of the molecule is CCCCCN(C)C(=O)NCc1ccccc1. The predicted molar refractivity (Wildman–Crippen MR) is 70.8 cm³/mol. The number of amides is 2. The molecule has 3 nitrogen and oxygen atoms in total. The third-order valence-electron chi connectivity index (χ3n) is 2.73. The summed E-state index contributed by atoms with van der Waals surface area (Å²) in [5, 5.41) is 2.91. The third-order valence-corrected chi connectivity index (χ3v) is 2.73. The fraction of sp³-hybridized carbons (Fsp3) is 0.500. The van der Waals surface area contributed by atoms with Crippen LogP contribution in [0.2, 0.25) is 0 Å². The average molecular weight is 234 g/mol. The Hall–Kier alpha value is -1.51. The lowest BCUT2D eigenvalue weighted by molar-refractivity contribution is 0.207. The molecule has 0 radical (unpaired) electrons. The second kappa shape index (κ2) is 7.71. The molecule has 17 heavy (non-hydrogen) atoms. The van der Waals surface area contributed by atoms with Gasteiger partial charge in [-0.3, -0.25) is 0 Å². The Bertz CT molecular complexity index is 324. The minimum absolute atomic E-state index is 0.00459. The van der Waals surface area contributed by atoms with Crippen LogP contribution in [0, 0.1) is 0 Å².